The first-order valence-electron chi connectivity index (χ1n) is 5.74. The molecule has 1 aliphatic heterocycles. The highest BCUT2D eigenvalue weighted by atomic mass is 19.1. The molecule has 0 bridgehead atoms. The van der Waals surface area contributed by atoms with Crippen molar-refractivity contribution < 1.29 is 14.6 Å². The van der Waals surface area contributed by atoms with E-state index in [2.05, 4.69) is 0 Å². The third-order valence-corrected chi connectivity index (χ3v) is 3.65. The summed E-state index contributed by atoms with van der Waals surface area (Å²) in [5.74, 6) is -0.343. The zero-order chi connectivity index (χ0) is 12.7. The van der Waals surface area contributed by atoms with Gasteiger partial charge in [0.05, 0.1) is 0 Å². The van der Waals surface area contributed by atoms with Crippen molar-refractivity contribution in [1.82, 2.24) is 4.90 Å². The topological polar surface area (TPSA) is 43.7 Å². The van der Waals surface area contributed by atoms with Gasteiger partial charge in [-0.05, 0) is 38.1 Å². The van der Waals surface area contributed by atoms with Crippen molar-refractivity contribution in [1.29, 1.82) is 0 Å². The summed E-state index contributed by atoms with van der Waals surface area (Å²) in [6, 6.07) is 5.69. The predicted molar refractivity (Wildman–Crippen MR) is 63.0 cm³/mol. The highest BCUT2D eigenvalue weighted by Crippen LogP contribution is 2.39. The molecule has 2 rings (SSSR count). The quantitative estimate of drug-likeness (QED) is 0.771. The van der Waals surface area contributed by atoms with Crippen LogP contribution >= 0.6 is 0 Å². The summed E-state index contributed by atoms with van der Waals surface area (Å²) in [5, 5.41) is 21.1. The lowest BCUT2D eigenvalue weighted by Crippen LogP contribution is -2.60. The molecular formula is C13H18FNO2. The van der Waals surface area contributed by atoms with Gasteiger partial charge in [0.25, 0.3) is 0 Å². The van der Waals surface area contributed by atoms with Gasteiger partial charge in [-0.3, -0.25) is 0 Å². The summed E-state index contributed by atoms with van der Waals surface area (Å²) in [6.07, 6.45) is 0.433. The fraction of sp³-hybridized carbons (Fsp3) is 0.538. The van der Waals surface area contributed by atoms with Crippen LogP contribution in [0.15, 0.2) is 24.3 Å². The number of benzene rings is 1. The molecule has 0 amide bonds. The van der Waals surface area contributed by atoms with Crippen molar-refractivity contribution >= 4 is 0 Å². The number of β-amino-alcohol motifs (C(OH)–C–C–N with tert-alkyl or cyclic N) is 1. The lowest BCUT2D eigenvalue weighted by atomic mass is 9.73. The van der Waals surface area contributed by atoms with Gasteiger partial charge in [-0.15, -0.1) is 0 Å². The number of likely N-dealkylation sites (N-methyl/N-ethyl adjacent to an activating group) is 1. The highest BCUT2D eigenvalue weighted by molar-refractivity contribution is 5.27. The Labute approximate surface area is 100 Å². The van der Waals surface area contributed by atoms with E-state index in [9.17, 15) is 14.6 Å². The minimum Gasteiger partial charge on any atom is -0.385 e. The molecule has 1 fully saturated rings. The maximum Gasteiger partial charge on any atom is 0.123 e. The van der Waals surface area contributed by atoms with Crippen LogP contribution in [0.25, 0.3) is 0 Å². The Balaban J connectivity index is 2.37. The van der Waals surface area contributed by atoms with Crippen molar-refractivity contribution in [3.63, 3.8) is 0 Å². The van der Waals surface area contributed by atoms with E-state index in [0.717, 1.165) is 0 Å². The number of hydrogen-bond acceptors (Lipinski definition) is 3. The van der Waals surface area contributed by atoms with Crippen molar-refractivity contribution in [2.75, 3.05) is 20.1 Å². The van der Waals surface area contributed by atoms with E-state index in [4.69, 9.17) is 0 Å². The number of piperidine rings is 1. The molecule has 2 unspecified atom stereocenters. The number of likely N-dealkylation sites (tertiary alicyclic amines) is 1. The van der Waals surface area contributed by atoms with Crippen LogP contribution in [0.4, 0.5) is 4.39 Å². The van der Waals surface area contributed by atoms with Gasteiger partial charge < -0.3 is 15.1 Å². The summed E-state index contributed by atoms with van der Waals surface area (Å²) in [7, 11) is 1.90. The molecule has 1 aromatic carbocycles. The maximum absolute atomic E-state index is 12.9. The normalized spacial score (nSPS) is 34.9. The zero-order valence-corrected chi connectivity index (χ0v) is 10.2. The Morgan fingerprint density at radius 2 is 1.82 bits per heavy atom. The Morgan fingerprint density at radius 3 is 2.35 bits per heavy atom. The average molecular weight is 239 g/mol. The van der Waals surface area contributed by atoms with Crippen LogP contribution in [-0.2, 0) is 5.60 Å². The molecule has 0 radical (unpaired) electrons. The number of aliphatic hydroxyl groups is 2. The van der Waals surface area contributed by atoms with E-state index in [-0.39, 0.29) is 5.82 Å². The standard InChI is InChI=1S/C13H18FNO2/c1-12(16)9-15(2)8-7-13(12,17)10-3-5-11(14)6-4-10/h3-6,16-17H,7-9H2,1-2H3. The minimum absolute atomic E-state index is 0.343. The van der Waals surface area contributed by atoms with E-state index in [1.54, 1.807) is 6.92 Å². The van der Waals surface area contributed by atoms with Crippen LogP contribution in [-0.4, -0.2) is 40.9 Å². The Kier molecular flexibility index (Phi) is 2.97. The molecule has 1 aliphatic rings. The number of rotatable bonds is 1. The van der Waals surface area contributed by atoms with Gasteiger partial charge in [-0.2, -0.15) is 0 Å². The molecule has 4 heteroatoms. The summed E-state index contributed by atoms with van der Waals surface area (Å²) in [4.78, 5) is 1.97. The van der Waals surface area contributed by atoms with Crippen molar-refractivity contribution in [3.05, 3.63) is 35.6 Å². The second-order valence-electron chi connectivity index (χ2n) is 5.13. The zero-order valence-electron chi connectivity index (χ0n) is 10.2. The van der Waals surface area contributed by atoms with Gasteiger partial charge in [0.15, 0.2) is 0 Å². The van der Waals surface area contributed by atoms with E-state index in [1.807, 2.05) is 11.9 Å². The Morgan fingerprint density at radius 1 is 1.24 bits per heavy atom. The Hall–Kier alpha value is -0.970. The third-order valence-electron chi connectivity index (χ3n) is 3.65. The molecule has 0 aliphatic carbocycles. The molecule has 0 aromatic heterocycles. The predicted octanol–water partition coefficient (Wildman–Crippen LogP) is 1.10. The molecule has 0 spiro atoms. The summed E-state index contributed by atoms with van der Waals surface area (Å²) in [5.41, 5.74) is -1.98. The SMILES string of the molecule is CN1CCC(O)(c2ccc(F)cc2)C(C)(O)C1. The smallest absolute Gasteiger partial charge is 0.123 e. The summed E-state index contributed by atoms with van der Waals surface area (Å²) >= 11 is 0. The highest BCUT2D eigenvalue weighted by Gasteiger charge is 2.50. The monoisotopic (exact) mass is 239 g/mol. The lowest BCUT2D eigenvalue weighted by Gasteiger charge is -2.48. The molecule has 2 atom stereocenters. The van der Waals surface area contributed by atoms with E-state index >= 15 is 0 Å². The van der Waals surface area contributed by atoms with E-state index in [0.29, 0.717) is 25.1 Å². The van der Waals surface area contributed by atoms with Gasteiger partial charge in [0.1, 0.15) is 17.0 Å². The molecule has 1 heterocycles. The number of hydrogen-bond donors (Lipinski definition) is 2. The van der Waals surface area contributed by atoms with Gasteiger partial charge in [0, 0.05) is 13.1 Å². The Bertz CT molecular complexity index is 404. The number of halogens is 1. The first-order chi connectivity index (χ1) is 7.85. The largest absolute Gasteiger partial charge is 0.385 e. The fourth-order valence-corrected chi connectivity index (χ4v) is 2.54. The van der Waals surface area contributed by atoms with Crippen LogP contribution in [0, 0.1) is 5.82 Å². The summed E-state index contributed by atoms with van der Waals surface area (Å²) < 4.78 is 12.9. The van der Waals surface area contributed by atoms with Crippen molar-refractivity contribution in [2.45, 2.75) is 24.5 Å². The van der Waals surface area contributed by atoms with Crippen molar-refractivity contribution in [3.8, 4) is 0 Å². The van der Waals surface area contributed by atoms with Crippen LogP contribution in [0.3, 0.4) is 0 Å². The fourth-order valence-electron chi connectivity index (χ4n) is 2.54. The molecule has 94 valence electrons. The molecule has 3 nitrogen and oxygen atoms in total. The first-order valence-corrected chi connectivity index (χ1v) is 5.74. The second-order valence-corrected chi connectivity index (χ2v) is 5.13. The van der Waals surface area contributed by atoms with Crippen LogP contribution in [0.5, 0.6) is 0 Å². The lowest BCUT2D eigenvalue weighted by molar-refractivity contribution is -0.183. The molecule has 2 N–H and O–H groups in total. The van der Waals surface area contributed by atoms with Crippen LogP contribution < -0.4 is 0 Å². The van der Waals surface area contributed by atoms with E-state index < -0.39 is 11.2 Å². The van der Waals surface area contributed by atoms with E-state index in [1.165, 1.54) is 24.3 Å². The molecular weight excluding hydrogens is 221 g/mol. The van der Waals surface area contributed by atoms with Crippen LogP contribution in [0.1, 0.15) is 18.9 Å². The minimum atomic E-state index is -1.31. The third kappa shape index (κ3) is 2.08. The molecule has 17 heavy (non-hydrogen) atoms. The van der Waals surface area contributed by atoms with Gasteiger partial charge in [-0.25, -0.2) is 4.39 Å². The summed E-state index contributed by atoms with van der Waals surface area (Å²) in [6.45, 7) is 2.71. The van der Waals surface area contributed by atoms with Crippen molar-refractivity contribution in [2.24, 2.45) is 0 Å². The number of nitrogens with zero attached hydrogens (tertiary/aromatic N) is 1. The first kappa shape index (κ1) is 12.5. The molecule has 1 saturated heterocycles. The molecule has 1 aromatic rings. The average Bonchev–Trinajstić information content (AvgIpc) is 2.24. The molecule has 0 saturated carbocycles. The van der Waals surface area contributed by atoms with Gasteiger partial charge in [-0.1, -0.05) is 12.1 Å². The van der Waals surface area contributed by atoms with Gasteiger partial charge in [0.2, 0.25) is 0 Å². The maximum atomic E-state index is 12.9. The van der Waals surface area contributed by atoms with Crippen LogP contribution in [0.2, 0.25) is 0 Å². The van der Waals surface area contributed by atoms with Gasteiger partial charge >= 0.3 is 0 Å². The second kappa shape index (κ2) is 4.05.